The van der Waals surface area contributed by atoms with Crippen LogP contribution in [0.4, 0.5) is 27.9 Å². The van der Waals surface area contributed by atoms with Gasteiger partial charge in [-0.15, -0.1) is 0 Å². The first-order valence-electron chi connectivity index (χ1n) is 10.3. The molecule has 4 rings (SSSR count). The lowest BCUT2D eigenvalue weighted by molar-refractivity contribution is 0.120. The fraction of sp³-hybridized carbons (Fsp3) is 0.450. The van der Waals surface area contributed by atoms with E-state index in [0.29, 0.717) is 5.95 Å². The number of amides is 2. The first-order valence-corrected chi connectivity index (χ1v) is 10.3. The molecule has 1 aromatic carbocycles. The Morgan fingerprint density at radius 1 is 1.24 bits per heavy atom. The van der Waals surface area contributed by atoms with E-state index < -0.39 is 0 Å². The quantitative estimate of drug-likeness (QED) is 0.646. The number of benzene rings is 1. The van der Waals surface area contributed by atoms with Crippen LogP contribution in [0.25, 0.3) is 0 Å². The third-order valence-corrected chi connectivity index (χ3v) is 5.26. The molecule has 2 saturated heterocycles. The number of carbonyl (C=O) groups is 1. The number of aromatic nitrogens is 2. The van der Waals surface area contributed by atoms with Crippen molar-refractivity contribution in [1.82, 2.24) is 14.9 Å². The van der Waals surface area contributed by atoms with E-state index in [1.165, 1.54) is 0 Å². The van der Waals surface area contributed by atoms with Crippen molar-refractivity contribution in [1.29, 1.82) is 0 Å². The lowest BCUT2D eigenvalue weighted by Crippen LogP contribution is -2.32. The van der Waals surface area contributed by atoms with E-state index in [1.54, 1.807) is 6.20 Å². The van der Waals surface area contributed by atoms with Gasteiger partial charge in [-0.3, -0.25) is 0 Å². The number of rotatable bonds is 6. The van der Waals surface area contributed by atoms with Gasteiger partial charge >= 0.3 is 6.03 Å². The smallest absolute Gasteiger partial charge is 0.321 e. The Balaban J connectivity index is 1.39. The number of carbonyl (C=O) groups excluding carboxylic acids is 1. The summed E-state index contributed by atoms with van der Waals surface area (Å²) in [7, 11) is 1.98. The van der Waals surface area contributed by atoms with Crippen molar-refractivity contribution in [2.24, 2.45) is 0 Å². The molecule has 2 aliphatic heterocycles. The monoisotopic (exact) mass is 394 g/mol. The van der Waals surface area contributed by atoms with Crippen LogP contribution in [-0.2, 0) is 4.74 Å². The number of likely N-dealkylation sites (tertiary alicyclic amines) is 1. The van der Waals surface area contributed by atoms with Gasteiger partial charge in [0.15, 0.2) is 0 Å². The molecule has 3 N–H and O–H groups in total. The molecule has 2 amide bonds. The Bertz CT molecular complexity index is 853. The average Bonchev–Trinajstić information content (AvgIpc) is 3.43. The number of hydrogen-bond donors (Lipinski definition) is 3. The van der Waals surface area contributed by atoms with Crippen molar-refractivity contribution in [2.45, 2.75) is 31.8 Å². The van der Waals surface area contributed by atoms with Crippen LogP contribution in [0.3, 0.4) is 0 Å². The van der Waals surface area contributed by atoms with Crippen molar-refractivity contribution in [3.8, 4) is 0 Å². The summed E-state index contributed by atoms with van der Waals surface area (Å²) in [6.07, 6.45) is 6.39. The van der Waals surface area contributed by atoms with Gasteiger partial charge in [0.05, 0.1) is 6.10 Å². The molecule has 0 radical (unpaired) electrons. The lowest BCUT2D eigenvalue weighted by Gasteiger charge is -2.17. The molecule has 1 unspecified atom stereocenters. The van der Waals surface area contributed by atoms with Crippen LogP contribution < -0.4 is 21.4 Å². The lowest BCUT2D eigenvalue weighted by atomic mass is 9.99. The topological polar surface area (TPSA) is 91.4 Å². The standard InChI is InChI=1S/C20H27BN6O2/c21-17-13-23-19(26-18(17)22-12-16-7-4-10-29-16)24-14-5-3-6-15(11-14)25-20(28)27-8-1-2-9-27/h3,5-6,11,13,16H,1-2,4,7-10,12,21H2,(H,25,28)(H2,22,23,24,26). The summed E-state index contributed by atoms with van der Waals surface area (Å²) in [5, 5.41) is 9.56. The van der Waals surface area contributed by atoms with E-state index in [9.17, 15) is 4.79 Å². The Morgan fingerprint density at radius 2 is 2.07 bits per heavy atom. The molecule has 152 valence electrons. The molecule has 8 nitrogen and oxygen atoms in total. The second-order valence-corrected chi connectivity index (χ2v) is 7.57. The fourth-order valence-corrected chi connectivity index (χ4v) is 3.62. The highest BCUT2D eigenvalue weighted by molar-refractivity contribution is 6.35. The largest absolute Gasteiger partial charge is 0.376 e. The number of ether oxygens (including phenoxy) is 1. The highest BCUT2D eigenvalue weighted by Crippen LogP contribution is 2.20. The summed E-state index contributed by atoms with van der Waals surface area (Å²) in [4.78, 5) is 23.1. The van der Waals surface area contributed by atoms with Crippen LogP contribution in [0.2, 0.25) is 0 Å². The van der Waals surface area contributed by atoms with Crippen LogP contribution in [0.1, 0.15) is 25.7 Å². The van der Waals surface area contributed by atoms with Crippen LogP contribution in [0, 0.1) is 0 Å². The minimum Gasteiger partial charge on any atom is -0.376 e. The molecule has 9 heteroatoms. The molecule has 2 aromatic rings. The molecule has 0 aliphatic carbocycles. The summed E-state index contributed by atoms with van der Waals surface area (Å²) in [6, 6.07) is 7.54. The zero-order chi connectivity index (χ0) is 20.1. The maximum atomic E-state index is 12.3. The van der Waals surface area contributed by atoms with E-state index in [1.807, 2.05) is 37.0 Å². The molecular formula is C20H27BN6O2. The van der Waals surface area contributed by atoms with Crippen molar-refractivity contribution < 1.29 is 9.53 Å². The number of anilines is 4. The third-order valence-electron chi connectivity index (χ3n) is 5.26. The van der Waals surface area contributed by atoms with E-state index in [4.69, 9.17) is 4.74 Å². The Hall–Kier alpha value is -2.81. The molecule has 0 saturated carbocycles. The van der Waals surface area contributed by atoms with E-state index >= 15 is 0 Å². The number of hydrogen-bond acceptors (Lipinski definition) is 6. The minimum atomic E-state index is -0.0492. The molecule has 2 fully saturated rings. The fourth-order valence-electron chi connectivity index (χ4n) is 3.62. The van der Waals surface area contributed by atoms with Crippen molar-refractivity contribution >= 4 is 42.5 Å². The zero-order valence-corrected chi connectivity index (χ0v) is 16.8. The van der Waals surface area contributed by atoms with E-state index in [2.05, 4.69) is 25.9 Å². The molecule has 2 aliphatic rings. The van der Waals surface area contributed by atoms with Gasteiger partial charge in [0, 0.05) is 43.8 Å². The predicted octanol–water partition coefficient (Wildman–Crippen LogP) is 1.70. The zero-order valence-electron chi connectivity index (χ0n) is 16.8. The summed E-state index contributed by atoms with van der Waals surface area (Å²) in [6.45, 7) is 3.23. The highest BCUT2D eigenvalue weighted by atomic mass is 16.5. The molecular weight excluding hydrogens is 367 g/mol. The van der Waals surface area contributed by atoms with Gasteiger partial charge in [-0.2, -0.15) is 4.98 Å². The molecule has 3 heterocycles. The van der Waals surface area contributed by atoms with Crippen LogP contribution in [-0.4, -0.2) is 61.1 Å². The SMILES string of the molecule is Bc1cnc(Nc2cccc(NC(=O)N3CCCC3)c2)nc1NCC1CCCO1. The molecule has 1 atom stereocenters. The van der Waals surface area contributed by atoms with Gasteiger partial charge in [-0.05, 0) is 49.3 Å². The van der Waals surface area contributed by atoms with E-state index in [-0.39, 0.29) is 12.1 Å². The van der Waals surface area contributed by atoms with Crippen LogP contribution in [0.15, 0.2) is 30.5 Å². The van der Waals surface area contributed by atoms with Crippen molar-refractivity contribution in [3.63, 3.8) is 0 Å². The van der Waals surface area contributed by atoms with Crippen molar-refractivity contribution in [2.75, 3.05) is 42.2 Å². The van der Waals surface area contributed by atoms with Crippen LogP contribution in [0.5, 0.6) is 0 Å². The summed E-state index contributed by atoms with van der Waals surface area (Å²) in [5.74, 6) is 1.31. The Kier molecular flexibility index (Phi) is 6.14. The normalized spacial score (nSPS) is 18.6. The molecule has 0 spiro atoms. The maximum absolute atomic E-state index is 12.3. The van der Waals surface area contributed by atoms with Crippen LogP contribution >= 0.6 is 0 Å². The Morgan fingerprint density at radius 3 is 2.86 bits per heavy atom. The second-order valence-electron chi connectivity index (χ2n) is 7.57. The predicted molar refractivity (Wildman–Crippen MR) is 117 cm³/mol. The van der Waals surface area contributed by atoms with E-state index in [0.717, 1.165) is 74.6 Å². The summed E-state index contributed by atoms with van der Waals surface area (Å²) in [5.41, 5.74) is 2.55. The number of nitrogens with zero attached hydrogens (tertiary/aromatic N) is 3. The molecule has 0 bridgehead atoms. The average molecular weight is 394 g/mol. The summed E-state index contributed by atoms with van der Waals surface area (Å²) >= 11 is 0. The summed E-state index contributed by atoms with van der Waals surface area (Å²) < 4.78 is 5.66. The first kappa shape index (κ1) is 19.5. The van der Waals surface area contributed by atoms with Gasteiger partial charge in [0.25, 0.3) is 0 Å². The Labute approximate surface area is 171 Å². The number of urea groups is 1. The third kappa shape index (κ3) is 5.17. The first-order chi connectivity index (χ1) is 14.2. The van der Waals surface area contributed by atoms with Crippen molar-refractivity contribution in [3.05, 3.63) is 30.5 Å². The van der Waals surface area contributed by atoms with Gasteiger partial charge in [0.1, 0.15) is 13.7 Å². The highest BCUT2D eigenvalue weighted by Gasteiger charge is 2.18. The maximum Gasteiger partial charge on any atom is 0.321 e. The van der Waals surface area contributed by atoms with Gasteiger partial charge < -0.3 is 25.6 Å². The molecule has 29 heavy (non-hydrogen) atoms. The van der Waals surface area contributed by atoms with Gasteiger partial charge in [-0.25, -0.2) is 9.78 Å². The second kappa shape index (κ2) is 9.13. The minimum absolute atomic E-state index is 0.0492. The van der Waals surface area contributed by atoms with Gasteiger partial charge in [-0.1, -0.05) is 6.07 Å². The number of nitrogens with one attached hydrogen (secondary N) is 3. The molecule has 1 aromatic heterocycles. The van der Waals surface area contributed by atoms with Gasteiger partial charge in [0.2, 0.25) is 5.95 Å².